The number of anilines is 1. The summed E-state index contributed by atoms with van der Waals surface area (Å²) in [7, 11) is 0. The van der Waals surface area contributed by atoms with E-state index in [0.717, 1.165) is 36.9 Å². The highest BCUT2D eigenvalue weighted by Crippen LogP contribution is 2.27. The Morgan fingerprint density at radius 2 is 2.20 bits per heavy atom. The third-order valence-corrected chi connectivity index (χ3v) is 4.34. The second kappa shape index (κ2) is 6.96. The predicted molar refractivity (Wildman–Crippen MR) is 95.8 cm³/mol. The molecular formula is C19H25N3O3. The molecule has 1 fully saturated rings. The molecule has 2 aliphatic heterocycles. The van der Waals surface area contributed by atoms with Gasteiger partial charge in [-0.2, -0.15) is 0 Å². The number of carbonyl (C=O) groups excluding carboxylic acids is 2. The number of rotatable bonds is 2. The van der Waals surface area contributed by atoms with Gasteiger partial charge in [-0.05, 0) is 57.9 Å². The van der Waals surface area contributed by atoms with E-state index in [1.807, 2.05) is 26.8 Å². The van der Waals surface area contributed by atoms with Crippen LogP contribution in [0, 0.1) is 0 Å². The van der Waals surface area contributed by atoms with Gasteiger partial charge in [-0.25, -0.2) is 9.78 Å². The molecule has 1 N–H and O–H groups in total. The van der Waals surface area contributed by atoms with E-state index in [-0.39, 0.29) is 17.9 Å². The average molecular weight is 343 g/mol. The normalized spacial score (nSPS) is 21.2. The molecule has 3 rings (SSSR count). The summed E-state index contributed by atoms with van der Waals surface area (Å²) >= 11 is 0. The van der Waals surface area contributed by atoms with Crippen molar-refractivity contribution in [3.8, 4) is 0 Å². The molecule has 1 aromatic rings. The van der Waals surface area contributed by atoms with Crippen LogP contribution in [0.4, 0.5) is 5.82 Å². The molecule has 0 saturated carbocycles. The van der Waals surface area contributed by atoms with Gasteiger partial charge < -0.3 is 10.1 Å². The first-order valence-electron chi connectivity index (χ1n) is 8.77. The van der Waals surface area contributed by atoms with Crippen molar-refractivity contribution in [2.24, 2.45) is 0 Å². The van der Waals surface area contributed by atoms with Crippen LogP contribution in [0.5, 0.6) is 0 Å². The lowest BCUT2D eigenvalue weighted by Crippen LogP contribution is -2.44. The van der Waals surface area contributed by atoms with Crippen molar-refractivity contribution < 1.29 is 14.3 Å². The first kappa shape index (κ1) is 17.6. The van der Waals surface area contributed by atoms with Gasteiger partial charge in [0.1, 0.15) is 11.4 Å². The summed E-state index contributed by atoms with van der Waals surface area (Å²) in [6.45, 7) is 7.12. The monoisotopic (exact) mass is 343 g/mol. The molecule has 1 amide bonds. The second-order valence-electron chi connectivity index (χ2n) is 7.61. The minimum absolute atomic E-state index is 0.0306. The molecule has 1 aromatic heterocycles. The number of ether oxygens (including phenoxy) is 1. The third kappa shape index (κ3) is 4.45. The standard InChI is InChI=1S/C19H25N3O3/c1-19(2,3)25-16(23)8-7-13-10-14-12-22-9-5-4-6-15(22)18(24)21-17(14)20-11-13/h7-8,10-11,15H,4-6,9,12H2,1-3H3,(H,20,21,24). The number of piperidine rings is 1. The summed E-state index contributed by atoms with van der Waals surface area (Å²) in [5.74, 6) is 0.267. The quantitative estimate of drug-likeness (QED) is 0.660. The Bertz CT molecular complexity index is 706. The van der Waals surface area contributed by atoms with E-state index in [9.17, 15) is 9.59 Å². The Labute approximate surface area is 148 Å². The average Bonchev–Trinajstić information content (AvgIpc) is 2.67. The smallest absolute Gasteiger partial charge is 0.331 e. The van der Waals surface area contributed by atoms with Crippen molar-refractivity contribution in [3.63, 3.8) is 0 Å². The zero-order valence-corrected chi connectivity index (χ0v) is 15.0. The molecule has 3 heterocycles. The molecule has 1 atom stereocenters. The number of hydrogen-bond acceptors (Lipinski definition) is 5. The van der Waals surface area contributed by atoms with Crippen LogP contribution >= 0.6 is 0 Å². The number of nitrogens with zero attached hydrogens (tertiary/aromatic N) is 2. The lowest BCUT2D eigenvalue weighted by atomic mass is 10.0. The molecule has 0 radical (unpaired) electrons. The molecule has 0 bridgehead atoms. The number of amides is 1. The molecule has 0 aliphatic carbocycles. The van der Waals surface area contributed by atoms with Crippen molar-refractivity contribution in [1.82, 2.24) is 9.88 Å². The van der Waals surface area contributed by atoms with E-state index in [2.05, 4.69) is 15.2 Å². The van der Waals surface area contributed by atoms with E-state index >= 15 is 0 Å². The molecule has 6 heteroatoms. The summed E-state index contributed by atoms with van der Waals surface area (Å²) in [6, 6.07) is 1.91. The zero-order valence-electron chi connectivity index (χ0n) is 15.0. The van der Waals surface area contributed by atoms with Crippen LogP contribution in [-0.4, -0.2) is 39.9 Å². The van der Waals surface area contributed by atoms with Crippen LogP contribution in [0.3, 0.4) is 0 Å². The van der Waals surface area contributed by atoms with Crippen molar-refractivity contribution in [2.45, 2.75) is 58.2 Å². The van der Waals surface area contributed by atoms with Crippen LogP contribution in [0.1, 0.15) is 51.2 Å². The molecule has 2 aliphatic rings. The van der Waals surface area contributed by atoms with E-state index in [0.29, 0.717) is 12.4 Å². The molecule has 134 valence electrons. The molecule has 1 unspecified atom stereocenters. The molecule has 1 saturated heterocycles. The SMILES string of the molecule is CC(C)(C)OC(=O)C=Cc1cnc2c(c1)CN1CCCCC1C(=O)N2. The number of aromatic nitrogens is 1. The Hall–Kier alpha value is -2.21. The largest absolute Gasteiger partial charge is 0.457 e. The maximum absolute atomic E-state index is 12.4. The summed E-state index contributed by atoms with van der Waals surface area (Å²) < 4.78 is 5.27. The van der Waals surface area contributed by atoms with Crippen LogP contribution in [-0.2, 0) is 20.9 Å². The molecule has 25 heavy (non-hydrogen) atoms. The van der Waals surface area contributed by atoms with Gasteiger partial charge in [-0.15, -0.1) is 0 Å². The predicted octanol–water partition coefficient (Wildman–Crippen LogP) is 2.74. The number of carbonyl (C=O) groups is 2. The highest BCUT2D eigenvalue weighted by molar-refractivity contribution is 5.95. The van der Waals surface area contributed by atoms with Crippen molar-refractivity contribution in [2.75, 3.05) is 11.9 Å². The van der Waals surface area contributed by atoms with Gasteiger partial charge >= 0.3 is 5.97 Å². The summed E-state index contributed by atoms with van der Waals surface area (Å²) in [5, 5.41) is 2.94. The highest BCUT2D eigenvalue weighted by Gasteiger charge is 2.32. The lowest BCUT2D eigenvalue weighted by Gasteiger charge is -2.32. The van der Waals surface area contributed by atoms with Gasteiger partial charge in [0.2, 0.25) is 5.91 Å². The Kier molecular flexibility index (Phi) is 4.90. The number of hydrogen-bond donors (Lipinski definition) is 1. The Balaban J connectivity index is 1.77. The van der Waals surface area contributed by atoms with Crippen LogP contribution in [0.25, 0.3) is 6.08 Å². The number of fused-ring (bicyclic) bond motifs is 2. The first-order chi connectivity index (χ1) is 11.8. The van der Waals surface area contributed by atoms with Crippen LogP contribution in [0.15, 0.2) is 18.3 Å². The Morgan fingerprint density at radius 1 is 1.40 bits per heavy atom. The van der Waals surface area contributed by atoms with Crippen molar-refractivity contribution in [1.29, 1.82) is 0 Å². The van der Waals surface area contributed by atoms with E-state index < -0.39 is 5.60 Å². The molecule has 6 nitrogen and oxygen atoms in total. The summed E-state index contributed by atoms with van der Waals surface area (Å²) in [6.07, 6.45) is 7.86. The van der Waals surface area contributed by atoms with E-state index in [1.165, 1.54) is 6.08 Å². The number of nitrogens with one attached hydrogen (secondary N) is 1. The maximum Gasteiger partial charge on any atom is 0.331 e. The topological polar surface area (TPSA) is 71.5 Å². The van der Waals surface area contributed by atoms with Crippen LogP contribution in [0.2, 0.25) is 0 Å². The lowest BCUT2D eigenvalue weighted by molar-refractivity contribution is -0.148. The van der Waals surface area contributed by atoms with E-state index in [4.69, 9.17) is 4.74 Å². The van der Waals surface area contributed by atoms with Gasteiger partial charge in [0.15, 0.2) is 0 Å². The minimum Gasteiger partial charge on any atom is -0.457 e. The highest BCUT2D eigenvalue weighted by atomic mass is 16.6. The fourth-order valence-electron chi connectivity index (χ4n) is 3.25. The number of esters is 1. The first-order valence-corrected chi connectivity index (χ1v) is 8.77. The summed E-state index contributed by atoms with van der Waals surface area (Å²) in [5.41, 5.74) is 1.28. The van der Waals surface area contributed by atoms with Gasteiger partial charge in [-0.1, -0.05) is 6.42 Å². The van der Waals surface area contributed by atoms with E-state index in [1.54, 1.807) is 12.3 Å². The van der Waals surface area contributed by atoms with Gasteiger partial charge in [0.25, 0.3) is 0 Å². The zero-order chi connectivity index (χ0) is 18.0. The van der Waals surface area contributed by atoms with Crippen LogP contribution < -0.4 is 5.32 Å². The van der Waals surface area contributed by atoms with Gasteiger partial charge in [0.05, 0.1) is 6.04 Å². The molecule has 0 aromatic carbocycles. The molecular weight excluding hydrogens is 318 g/mol. The van der Waals surface area contributed by atoms with Gasteiger partial charge in [-0.3, -0.25) is 9.69 Å². The number of pyridine rings is 1. The van der Waals surface area contributed by atoms with Crippen molar-refractivity contribution >= 4 is 23.8 Å². The third-order valence-electron chi connectivity index (χ3n) is 4.34. The molecule has 0 spiro atoms. The van der Waals surface area contributed by atoms with Gasteiger partial charge in [0, 0.05) is 24.4 Å². The minimum atomic E-state index is -0.513. The Morgan fingerprint density at radius 3 is 2.96 bits per heavy atom. The summed E-state index contributed by atoms with van der Waals surface area (Å²) in [4.78, 5) is 30.8. The fourth-order valence-corrected chi connectivity index (χ4v) is 3.25. The van der Waals surface area contributed by atoms with Crippen molar-refractivity contribution in [3.05, 3.63) is 29.5 Å². The second-order valence-corrected chi connectivity index (χ2v) is 7.61. The fraction of sp³-hybridized carbons (Fsp3) is 0.526. The maximum atomic E-state index is 12.4.